The number of hydrogen-bond donors (Lipinski definition) is 1. The molecule has 1 aromatic heterocycles. The summed E-state index contributed by atoms with van der Waals surface area (Å²) < 4.78 is 2.03. The Morgan fingerprint density at radius 3 is 2.62 bits per heavy atom. The van der Waals surface area contributed by atoms with Crippen molar-refractivity contribution in [1.29, 1.82) is 0 Å². The zero-order valence-electron chi connectivity index (χ0n) is 11.7. The first-order valence-electron chi connectivity index (χ1n) is 6.71. The minimum absolute atomic E-state index is 0.00469. The average molecular weight is 277 g/mol. The summed E-state index contributed by atoms with van der Waals surface area (Å²) in [5, 5.41) is 10.8. The third-order valence-corrected chi connectivity index (χ3v) is 3.51. The maximum atomic E-state index is 12.1. The number of nitrogens with zero attached hydrogens (tertiary/aromatic N) is 1. The highest BCUT2D eigenvalue weighted by atomic mass is 16.3. The lowest BCUT2D eigenvalue weighted by molar-refractivity contribution is 0.104. The van der Waals surface area contributed by atoms with Crippen LogP contribution in [0.3, 0.4) is 0 Å². The number of aromatic hydroxyl groups is 1. The van der Waals surface area contributed by atoms with Crippen molar-refractivity contribution in [3.63, 3.8) is 0 Å². The number of benzene rings is 2. The van der Waals surface area contributed by atoms with Crippen LogP contribution < -0.4 is 0 Å². The van der Waals surface area contributed by atoms with Gasteiger partial charge in [-0.25, -0.2) is 0 Å². The van der Waals surface area contributed by atoms with Gasteiger partial charge in [0, 0.05) is 29.7 Å². The van der Waals surface area contributed by atoms with Crippen LogP contribution in [0, 0.1) is 0 Å². The molecule has 0 aliphatic heterocycles. The number of aryl methyl sites for hydroxylation is 1. The van der Waals surface area contributed by atoms with E-state index in [0.29, 0.717) is 5.56 Å². The van der Waals surface area contributed by atoms with Gasteiger partial charge in [-0.1, -0.05) is 30.3 Å². The second-order valence-corrected chi connectivity index (χ2v) is 4.93. The van der Waals surface area contributed by atoms with E-state index in [4.69, 9.17) is 0 Å². The van der Waals surface area contributed by atoms with E-state index in [0.717, 1.165) is 16.5 Å². The predicted molar refractivity (Wildman–Crippen MR) is 84.4 cm³/mol. The monoisotopic (exact) mass is 277 g/mol. The molecule has 0 saturated heterocycles. The normalized spacial score (nSPS) is 11.3. The summed E-state index contributed by atoms with van der Waals surface area (Å²) in [6.07, 6.45) is 5.27. The minimum Gasteiger partial charge on any atom is -0.507 e. The SMILES string of the molecule is Cn1cc(/C=C/C(=O)c2ccccc2O)c2ccccc21. The standard InChI is InChI=1S/C18H15NO2/c1-19-12-13(14-6-2-4-8-16(14)19)10-11-18(21)15-7-3-5-9-17(15)20/h2-12,20H,1H3/b11-10+. The predicted octanol–water partition coefficient (Wildman–Crippen LogP) is 3.78. The van der Waals surface area contributed by atoms with Crippen LogP contribution in [0.15, 0.2) is 60.8 Å². The highest BCUT2D eigenvalue weighted by molar-refractivity contribution is 6.09. The molecule has 21 heavy (non-hydrogen) atoms. The first-order chi connectivity index (χ1) is 10.2. The van der Waals surface area contributed by atoms with Crippen molar-refractivity contribution in [3.05, 3.63) is 71.9 Å². The second-order valence-electron chi connectivity index (χ2n) is 4.93. The number of carbonyl (C=O) groups excluding carboxylic acids is 1. The molecule has 2 aromatic carbocycles. The Balaban J connectivity index is 1.95. The fraction of sp³-hybridized carbons (Fsp3) is 0.0556. The van der Waals surface area contributed by atoms with Gasteiger partial charge in [-0.15, -0.1) is 0 Å². The van der Waals surface area contributed by atoms with E-state index in [1.54, 1.807) is 24.3 Å². The quantitative estimate of drug-likeness (QED) is 0.584. The Labute approximate surface area is 122 Å². The Morgan fingerprint density at radius 1 is 1.10 bits per heavy atom. The van der Waals surface area contributed by atoms with Gasteiger partial charge in [0.15, 0.2) is 5.78 Å². The van der Waals surface area contributed by atoms with Crippen LogP contribution in [-0.2, 0) is 7.05 Å². The molecule has 0 atom stereocenters. The number of ketones is 1. The number of hydrogen-bond acceptors (Lipinski definition) is 2. The number of phenolic OH excluding ortho intramolecular Hbond substituents is 1. The van der Waals surface area contributed by atoms with Crippen LogP contribution in [0.4, 0.5) is 0 Å². The Hall–Kier alpha value is -2.81. The van der Waals surface area contributed by atoms with Gasteiger partial charge in [-0.3, -0.25) is 4.79 Å². The van der Waals surface area contributed by atoms with E-state index in [2.05, 4.69) is 0 Å². The van der Waals surface area contributed by atoms with Crippen LogP contribution in [0.25, 0.3) is 17.0 Å². The van der Waals surface area contributed by atoms with Gasteiger partial charge in [0.2, 0.25) is 0 Å². The number of rotatable bonds is 3. The number of para-hydroxylation sites is 2. The summed E-state index contributed by atoms with van der Waals surface area (Å²) in [6.45, 7) is 0. The smallest absolute Gasteiger partial charge is 0.189 e. The van der Waals surface area contributed by atoms with Gasteiger partial charge in [-0.05, 0) is 30.4 Å². The van der Waals surface area contributed by atoms with Crippen molar-refractivity contribution >= 4 is 22.8 Å². The Bertz CT molecular complexity index is 843. The molecule has 1 heterocycles. The topological polar surface area (TPSA) is 42.2 Å². The van der Waals surface area contributed by atoms with Crippen LogP contribution >= 0.6 is 0 Å². The van der Waals surface area contributed by atoms with Crippen LogP contribution in [0.2, 0.25) is 0 Å². The summed E-state index contributed by atoms with van der Waals surface area (Å²) in [6, 6.07) is 14.6. The summed E-state index contributed by atoms with van der Waals surface area (Å²) in [5.41, 5.74) is 2.41. The van der Waals surface area contributed by atoms with Gasteiger partial charge < -0.3 is 9.67 Å². The number of phenols is 1. The average Bonchev–Trinajstić information content (AvgIpc) is 2.82. The molecule has 0 amide bonds. The van der Waals surface area contributed by atoms with Crippen molar-refractivity contribution < 1.29 is 9.90 Å². The van der Waals surface area contributed by atoms with E-state index in [1.807, 2.05) is 42.1 Å². The molecule has 0 unspecified atom stereocenters. The van der Waals surface area contributed by atoms with E-state index in [9.17, 15) is 9.90 Å². The summed E-state index contributed by atoms with van der Waals surface area (Å²) in [7, 11) is 1.98. The van der Waals surface area contributed by atoms with Gasteiger partial charge in [-0.2, -0.15) is 0 Å². The highest BCUT2D eigenvalue weighted by Gasteiger charge is 2.08. The molecular weight excluding hydrogens is 262 g/mol. The van der Waals surface area contributed by atoms with Crippen molar-refractivity contribution in [2.24, 2.45) is 7.05 Å². The van der Waals surface area contributed by atoms with Crippen molar-refractivity contribution in [2.75, 3.05) is 0 Å². The van der Waals surface area contributed by atoms with Gasteiger partial charge in [0.1, 0.15) is 5.75 Å². The fourth-order valence-corrected chi connectivity index (χ4v) is 2.44. The van der Waals surface area contributed by atoms with E-state index in [-0.39, 0.29) is 11.5 Å². The Kier molecular flexibility index (Phi) is 3.32. The Morgan fingerprint density at radius 2 is 1.81 bits per heavy atom. The molecule has 0 bridgehead atoms. The van der Waals surface area contributed by atoms with Crippen molar-refractivity contribution in [3.8, 4) is 5.75 Å². The lowest BCUT2D eigenvalue weighted by Gasteiger charge is -1.98. The molecule has 0 aliphatic rings. The van der Waals surface area contributed by atoms with Gasteiger partial charge >= 0.3 is 0 Å². The second kappa shape index (κ2) is 5.29. The van der Waals surface area contributed by atoms with E-state index < -0.39 is 0 Å². The molecule has 3 aromatic rings. The van der Waals surface area contributed by atoms with Crippen LogP contribution in [0.1, 0.15) is 15.9 Å². The molecule has 3 heteroatoms. The maximum absolute atomic E-state index is 12.1. The lowest BCUT2D eigenvalue weighted by Crippen LogP contribution is -1.93. The van der Waals surface area contributed by atoms with Gasteiger partial charge in [0.25, 0.3) is 0 Å². The number of aromatic nitrogens is 1. The third kappa shape index (κ3) is 2.46. The van der Waals surface area contributed by atoms with E-state index in [1.165, 1.54) is 12.1 Å². The summed E-state index contributed by atoms with van der Waals surface area (Å²) in [4.78, 5) is 12.1. The highest BCUT2D eigenvalue weighted by Crippen LogP contribution is 2.22. The van der Waals surface area contributed by atoms with Crippen molar-refractivity contribution in [1.82, 2.24) is 4.57 Å². The zero-order valence-corrected chi connectivity index (χ0v) is 11.7. The van der Waals surface area contributed by atoms with E-state index >= 15 is 0 Å². The van der Waals surface area contributed by atoms with Gasteiger partial charge in [0.05, 0.1) is 5.56 Å². The minimum atomic E-state index is -0.207. The molecule has 3 rings (SSSR count). The maximum Gasteiger partial charge on any atom is 0.189 e. The molecule has 0 saturated carbocycles. The molecule has 0 fully saturated rings. The van der Waals surface area contributed by atoms with Crippen LogP contribution in [-0.4, -0.2) is 15.5 Å². The first-order valence-corrected chi connectivity index (χ1v) is 6.71. The molecule has 0 spiro atoms. The van der Waals surface area contributed by atoms with Crippen molar-refractivity contribution in [2.45, 2.75) is 0 Å². The lowest BCUT2D eigenvalue weighted by atomic mass is 10.1. The third-order valence-electron chi connectivity index (χ3n) is 3.51. The number of allylic oxidation sites excluding steroid dienone is 1. The first kappa shape index (κ1) is 13.2. The number of fused-ring (bicyclic) bond motifs is 1. The fourth-order valence-electron chi connectivity index (χ4n) is 2.44. The summed E-state index contributed by atoms with van der Waals surface area (Å²) >= 11 is 0. The zero-order chi connectivity index (χ0) is 14.8. The molecular formula is C18H15NO2. The molecule has 3 nitrogen and oxygen atoms in total. The summed E-state index contributed by atoms with van der Waals surface area (Å²) in [5.74, 6) is -0.203. The molecule has 104 valence electrons. The number of carbonyl (C=O) groups is 1. The molecule has 1 N–H and O–H groups in total. The molecule has 0 aliphatic carbocycles. The van der Waals surface area contributed by atoms with Crippen LogP contribution in [0.5, 0.6) is 5.75 Å². The largest absolute Gasteiger partial charge is 0.507 e. The molecule has 0 radical (unpaired) electrons.